The summed E-state index contributed by atoms with van der Waals surface area (Å²) in [6, 6.07) is 14.0. The van der Waals surface area contributed by atoms with Crippen LogP contribution in [0.4, 0.5) is 22.0 Å². The zero-order valence-electron chi connectivity index (χ0n) is 15.1. The van der Waals surface area contributed by atoms with Crippen LogP contribution in [0.5, 0.6) is 0 Å². The monoisotopic (exact) mass is 398 g/mol. The maximum Gasteiger partial charge on any atom is 0.332 e. The van der Waals surface area contributed by atoms with Gasteiger partial charge < -0.3 is 0 Å². The van der Waals surface area contributed by atoms with Gasteiger partial charge in [0.05, 0.1) is 5.52 Å². The molecule has 0 aliphatic heterocycles. The van der Waals surface area contributed by atoms with Crippen molar-refractivity contribution < 1.29 is 26.9 Å². The van der Waals surface area contributed by atoms with Crippen molar-refractivity contribution in [1.82, 2.24) is 9.85 Å². The Morgan fingerprint density at radius 2 is 1.71 bits per heavy atom. The molecule has 28 heavy (non-hydrogen) atoms. The lowest BCUT2D eigenvalue weighted by molar-refractivity contribution is -0.244. The molecule has 0 spiro atoms. The number of rotatable bonds is 8. The van der Waals surface area contributed by atoms with E-state index in [-0.39, 0.29) is 13.1 Å². The molecule has 0 bridgehead atoms. The maximum atomic E-state index is 14.2. The highest BCUT2D eigenvalue weighted by atomic mass is 19.3. The highest BCUT2D eigenvalue weighted by Crippen LogP contribution is 2.33. The van der Waals surface area contributed by atoms with Crippen LogP contribution in [-0.2, 0) is 11.4 Å². The minimum atomic E-state index is -4.23. The van der Waals surface area contributed by atoms with Gasteiger partial charge in [-0.2, -0.15) is 18.6 Å². The van der Waals surface area contributed by atoms with E-state index in [2.05, 4.69) is 0 Å². The molecule has 0 fully saturated rings. The van der Waals surface area contributed by atoms with Gasteiger partial charge >= 0.3 is 12.3 Å². The fourth-order valence-corrected chi connectivity index (χ4v) is 2.95. The molecule has 3 aromatic rings. The molecule has 0 aliphatic rings. The van der Waals surface area contributed by atoms with Crippen molar-refractivity contribution in [3.8, 4) is 11.1 Å². The van der Waals surface area contributed by atoms with Crippen molar-refractivity contribution >= 4 is 10.9 Å². The molecule has 2 aromatic carbocycles. The van der Waals surface area contributed by atoms with E-state index in [4.69, 9.17) is 4.84 Å². The summed E-state index contributed by atoms with van der Waals surface area (Å²) in [5.74, 6) is -4.23. The molecule has 3 nitrogen and oxygen atoms in total. The van der Waals surface area contributed by atoms with Gasteiger partial charge in [-0.05, 0) is 17.2 Å². The summed E-state index contributed by atoms with van der Waals surface area (Å²) >= 11 is 0. The third kappa shape index (κ3) is 4.18. The number of fused-ring (bicyclic) bond motifs is 1. The highest BCUT2D eigenvalue weighted by molar-refractivity contribution is 5.96. The summed E-state index contributed by atoms with van der Waals surface area (Å²) in [5, 5.41) is 1.88. The summed E-state index contributed by atoms with van der Waals surface area (Å²) in [4.78, 5) is 5.46. The van der Waals surface area contributed by atoms with Crippen LogP contribution in [0.1, 0.15) is 12.5 Å². The summed E-state index contributed by atoms with van der Waals surface area (Å²) in [5.41, 5.74) is 2.45. The van der Waals surface area contributed by atoms with Gasteiger partial charge in [0.15, 0.2) is 0 Å². The Labute approximate surface area is 158 Å². The largest absolute Gasteiger partial charge is 0.332 e. The molecule has 1 aromatic heterocycles. The SMILES string of the molecule is CCN(Cc1ccccc1-c1cn(F)c2ccccc12)OCC(F)(F)C(F)F. The van der Waals surface area contributed by atoms with E-state index in [0.717, 1.165) is 0 Å². The number of hydrogen-bond donors (Lipinski definition) is 0. The van der Waals surface area contributed by atoms with Crippen molar-refractivity contribution in [1.29, 1.82) is 0 Å². The van der Waals surface area contributed by atoms with E-state index < -0.39 is 19.0 Å². The molecule has 8 heteroatoms. The highest BCUT2D eigenvalue weighted by Gasteiger charge is 2.41. The predicted octanol–water partition coefficient (Wildman–Crippen LogP) is 5.69. The van der Waals surface area contributed by atoms with Crippen LogP contribution in [0.15, 0.2) is 54.7 Å². The standard InChI is InChI=1S/C20H19F5N2O/c1-2-26(28-13-20(23,24)19(21)22)11-14-7-3-4-8-15(14)17-12-27(25)18-10-6-5-9-16(17)18/h3-10,12,19H,2,11,13H2,1H3. The smallest absolute Gasteiger partial charge is 0.292 e. The van der Waals surface area contributed by atoms with E-state index in [1.54, 1.807) is 55.5 Å². The number of halogens is 5. The number of hydroxylamine groups is 2. The second kappa shape index (κ2) is 8.28. The van der Waals surface area contributed by atoms with Crippen LogP contribution in [-0.4, -0.2) is 35.4 Å². The van der Waals surface area contributed by atoms with E-state index in [9.17, 15) is 22.0 Å². The third-order valence-electron chi connectivity index (χ3n) is 4.43. The second-order valence-corrected chi connectivity index (χ2v) is 6.32. The number of aromatic nitrogens is 1. The van der Waals surface area contributed by atoms with Gasteiger partial charge in [0.2, 0.25) is 0 Å². The lowest BCUT2D eigenvalue weighted by atomic mass is 9.99. The van der Waals surface area contributed by atoms with Crippen molar-refractivity contribution in [3.05, 3.63) is 60.3 Å². The molecule has 0 atom stereocenters. The van der Waals surface area contributed by atoms with Crippen LogP contribution < -0.4 is 0 Å². The Morgan fingerprint density at radius 1 is 1.04 bits per heavy atom. The summed E-state index contributed by atoms with van der Waals surface area (Å²) in [6.45, 7) is 0.539. The molecular formula is C20H19F5N2O. The number of nitrogens with zero attached hydrogens (tertiary/aromatic N) is 2. The van der Waals surface area contributed by atoms with Crippen molar-refractivity contribution in [2.24, 2.45) is 0 Å². The molecule has 0 unspecified atom stereocenters. The van der Waals surface area contributed by atoms with Crippen molar-refractivity contribution in [3.63, 3.8) is 0 Å². The Bertz CT molecular complexity index is 941. The first-order valence-electron chi connectivity index (χ1n) is 8.72. The molecule has 0 amide bonds. The average molecular weight is 398 g/mol. The Hall–Kier alpha value is -2.45. The third-order valence-corrected chi connectivity index (χ3v) is 4.43. The zero-order valence-corrected chi connectivity index (χ0v) is 15.1. The lowest BCUT2D eigenvalue weighted by Gasteiger charge is -2.24. The van der Waals surface area contributed by atoms with Crippen LogP contribution in [0, 0.1) is 0 Å². The molecule has 3 rings (SSSR count). The molecule has 150 valence electrons. The molecule has 0 aliphatic carbocycles. The van der Waals surface area contributed by atoms with Gasteiger partial charge in [-0.1, -0.05) is 53.9 Å². The molecule has 0 N–H and O–H groups in total. The quantitative estimate of drug-likeness (QED) is 0.358. The fraction of sp³-hybridized carbons (Fsp3) is 0.300. The summed E-state index contributed by atoms with van der Waals surface area (Å²) < 4.78 is 65.2. The number of alkyl halides is 4. The van der Waals surface area contributed by atoms with Crippen LogP contribution in [0.2, 0.25) is 0 Å². The fourth-order valence-electron chi connectivity index (χ4n) is 2.95. The molecule has 0 saturated carbocycles. The molecule has 0 radical (unpaired) electrons. The van der Waals surface area contributed by atoms with Gasteiger partial charge in [0, 0.05) is 30.2 Å². The summed E-state index contributed by atoms with van der Waals surface area (Å²) in [7, 11) is 0. The van der Waals surface area contributed by atoms with E-state index >= 15 is 0 Å². The normalized spacial score (nSPS) is 12.4. The predicted molar refractivity (Wildman–Crippen MR) is 96.9 cm³/mol. The number of para-hydroxylation sites is 1. The Balaban J connectivity index is 1.87. The minimum Gasteiger partial charge on any atom is -0.292 e. The molecule has 1 heterocycles. The van der Waals surface area contributed by atoms with Gasteiger partial charge in [0.25, 0.3) is 0 Å². The van der Waals surface area contributed by atoms with Crippen molar-refractivity contribution in [2.45, 2.75) is 25.8 Å². The lowest BCUT2D eigenvalue weighted by Crippen LogP contribution is -2.36. The first-order valence-corrected chi connectivity index (χ1v) is 8.72. The Kier molecular flexibility index (Phi) is 6.00. The van der Waals surface area contributed by atoms with Crippen LogP contribution >= 0.6 is 0 Å². The van der Waals surface area contributed by atoms with Gasteiger partial charge in [-0.3, -0.25) is 4.84 Å². The van der Waals surface area contributed by atoms with Crippen LogP contribution in [0.3, 0.4) is 0 Å². The van der Waals surface area contributed by atoms with E-state index in [1.807, 2.05) is 0 Å². The number of benzene rings is 2. The average Bonchev–Trinajstić information content (AvgIpc) is 3.02. The molecule has 0 saturated heterocycles. The number of hydrogen-bond acceptors (Lipinski definition) is 2. The van der Waals surface area contributed by atoms with Gasteiger partial charge in [-0.25, -0.2) is 8.78 Å². The minimum absolute atomic E-state index is 0.0811. The van der Waals surface area contributed by atoms with Gasteiger partial charge in [-0.15, -0.1) is 0 Å². The topological polar surface area (TPSA) is 17.4 Å². The van der Waals surface area contributed by atoms with Crippen molar-refractivity contribution in [2.75, 3.05) is 13.2 Å². The van der Waals surface area contributed by atoms with Gasteiger partial charge in [0.1, 0.15) is 6.61 Å². The van der Waals surface area contributed by atoms with Crippen LogP contribution in [0.25, 0.3) is 22.0 Å². The second-order valence-electron chi connectivity index (χ2n) is 6.32. The zero-order chi connectivity index (χ0) is 20.3. The Morgan fingerprint density at radius 3 is 2.43 bits per heavy atom. The summed E-state index contributed by atoms with van der Waals surface area (Å²) in [6.07, 6.45) is -2.44. The maximum absolute atomic E-state index is 14.2. The van der Waals surface area contributed by atoms with E-state index in [0.29, 0.717) is 32.4 Å². The first-order chi connectivity index (χ1) is 13.3. The molecular weight excluding hydrogens is 379 g/mol. The first kappa shape index (κ1) is 20.3. The van der Waals surface area contributed by atoms with E-state index in [1.165, 1.54) is 11.3 Å².